The van der Waals surface area contributed by atoms with Crippen molar-refractivity contribution in [1.82, 2.24) is 60.0 Å². The van der Waals surface area contributed by atoms with Crippen LogP contribution in [0.4, 0.5) is 0 Å². The Morgan fingerprint density at radius 1 is 0.420 bits per heavy atom. The summed E-state index contributed by atoms with van der Waals surface area (Å²) in [7, 11) is 0. The summed E-state index contributed by atoms with van der Waals surface area (Å²) in [6.07, 6.45) is 7.42. The van der Waals surface area contributed by atoms with E-state index >= 15 is 0 Å². The Balaban J connectivity index is 1.28. The molecule has 2 atom stereocenters. The minimum absolute atomic E-state index is 0.0287. The molecule has 88 heavy (non-hydrogen) atoms. The maximum absolute atomic E-state index is 13.2. The third-order valence-electron chi connectivity index (χ3n) is 13.2. The first-order valence-electron chi connectivity index (χ1n) is 28.1. The van der Waals surface area contributed by atoms with Gasteiger partial charge in [0.15, 0.2) is 0 Å². The van der Waals surface area contributed by atoms with Crippen LogP contribution in [-0.2, 0) is 47.9 Å². The molecule has 0 aliphatic carbocycles. The smallest absolute Gasteiger partial charge is 0.317 e. The number of thioether (sulfide) groups is 2. The highest BCUT2D eigenvalue weighted by Crippen LogP contribution is 2.35. The Bertz CT molecular complexity index is 3260. The lowest BCUT2D eigenvalue weighted by atomic mass is 10.2. The number of fused-ring (bicyclic) bond motifs is 8. The molecular weight excluding hydrogens is 1190 g/mol. The normalized spacial score (nSPS) is 12.9. The summed E-state index contributed by atoms with van der Waals surface area (Å²) in [5.41, 5.74) is 6.65. The molecule has 3 aromatic rings. The Hall–Kier alpha value is -8.24. The number of amides is 2. The van der Waals surface area contributed by atoms with E-state index in [1.54, 1.807) is 6.07 Å². The van der Waals surface area contributed by atoms with Crippen LogP contribution in [0.2, 0.25) is 0 Å². The first kappa shape index (κ1) is 68.9. The fourth-order valence-electron chi connectivity index (χ4n) is 9.32. The maximum atomic E-state index is 13.2. The summed E-state index contributed by atoms with van der Waals surface area (Å²) >= 11 is 2.99. The zero-order valence-corrected chi connectivity index (χ0v) is 50.1. The molecule has 12 N–H and O–H groups in total. The molecule has 8 bridgehead atoms. The summed E-state index contributed by atoms with van der Waals surface area (Å²) in [5, 5.41) is 80.2. The second-order valence-electron chi connectivity index (χ2n) is 20.5. The highest BCUT2D eigenvalue weighted by Gasteiger charge is 2.23. The van der Waals surface area contributed by atoms with Crippen LogP contribution >= 0.6 is 23.5 Å². The Morgan fingerprint density at radius 2 is 0.727 bits per heavy atom. The van der Waals surface area contributed by atoms with Gasteiger partial charge in [-0.25, -0.2) is 9.97 Å². The molecule has 3 aromatic heterocycles. The largest absolute Gasteiger partial charge is 0.480 e. The van der Waals surface area contributed by atoms with Crippen molar-refractivity contribution in [3.05, 3.63) is 70.3 Å². The minimum atomic E-state index is -1.28. The number of carbonyl (C=O) groups excluding carboxylic acids is 2. The Morgan fingerprint density at radius 3 is 1.11 bits per heavy atom. The van der Waals surface area contributed by atoms with E-state index in [1.165, 1.54) is 43.1 Å². The zero-order chi connectivity index (χ0) is 65.3. The van der Waals surface area contributed by atoms with E-state index in [9.17, 15) is 90.2 Å². The highest BCUT2D eigenvalue weighted by atomic mass is 32.2. The summed E-state index contributed by atoms with van der Waals surface area (Å²) in [6, 6.07) is 9.61. The monoisotopic (exact) mass is 1270 g/mol. The molecule has 32 heteroatoms. The Labute approximate surface area is 514 Å². The average Bonchev–Trinajstić information content (AvgIpc) is 2.97. The van der Waals surface area contributed by atoms with E-state index in [0.29, 0.717) is 56.4 Å². The van der Waals surface area contributed by atoms with E-state index in [4.69, 9.17) is 9.97 Å². The van der Waals surface area contributed by atoms with Crippen molar-refractivity contribution < 1.29 is 90.2 Å². The molecule has 2 aliphatic heterocycles. The van der Waals surface area contributed by atoms with Gasteiger partial charge in [-0.05, 0) is 85.7 Å². The average molecular weight is 1270 g/mol. The van der Waals surface area contributed by atoms with Gasteiger partial charge < -0.3 is 61.5 Å². The van der Waals surface area contributed by atoms with Crippen molar-refractivity contribution in [3.63, 3.8) is 0 Å². The molecule has 0 spiro atoms. The van der Waals surface area contributed by atoms with Gasteiger partial charge in [0.1, 0.15) is 0 Å². The number of nitrogens with zero attached hydrogens (tertiary/aromatic N) is 8. The molecule has 30 nitrogen and oxygen atoms in total. The third-order valence-corrected chi connectivity index (χ3v) is 15.6. The Kier molecular flexibility index (Phi) is 27.8. The molecule has 2 amide bonds. The number of nitrogens with one attached hydrogen (secondary N) is 4. The lowest BCUT2D eigenvalue weighted by Gasteiger charge is -2.27. The van der Waals surface area contributed by atoms with Gasteiger partial charge in [0, 0.05) is 110 Å². The second-order valence-corrected chi connectivity index (χ2v) is 23.4. The van der Waals surface area contributed by atoms with E-state index < -0.39 is 112 Å². The van der Waals surface area contributed by atoms with Crippen LogP contribution in [0.15, 0.2) is 36.4 Å². The first-order chi connectivity index (χ1) is 42.2. The zero-order valence-electron chi connectivity index (χ0n) is 49.5. The number of carboxylic acids is 8. The third kappa shape index (κ3) is 26.4. The van der Waals surface area contributed by atoms with E-state index in [1.807, 2.05) is 62.4 Å². The van der Waals surface area contributed by atoms with Crippen LogP contribution in [0.5, 0.6) is 0 Å². The van der Waals surface area contributed by atoms with Crippen molar-refractivity contribution in [2.45, 2.75) is 24.3 Å². The van der Waals surface area contributed by atoms with Crippen molar-refractivity contribution in [1.29, 1.82) is 0 Å². The van der Waals surface area contributed by atoms with Crippen molar-refractivity contribution in [2.75, 3.05) is 142 Å². The number of rotatable bonds is 42. The second kappa shape index (κ2) is 35.5. The van der Waals surface area contributed by atoms with Gasteiger partial charge in [0.25, 0.3) is 0 Å². The van der Waals surface area contributed by atoms with Gasteiger partial charge in [-0.3, -0.25) is 77.3 Å². The molecular formula is C56H74N12O18S2. The summed E-state index contributed by atoms with van der Waals surface area (Å²) in [6.45, 7) is -1.43. The summed E-state index contributed by atoms with van der Waals surface area (Å²) in [5.74, 6) is -10.2. The molecule has 5 heterocycles. The van der Waals surface area contributed by atoms with Gasteiger partial charge >= 0.3 is 47.8 Å². The summed E-state index contributed by atoms with van der Waals surface area (Å²) in [4.78, 5) is 143. The fraction of sp³-hybridized carbons (Fsp3) is 0.464. The van der Waals surface area contributed by atoms with Crippen molar-refractivity contribution in [2.24, 2.45) is 0 Å². The van der Waals surface area contributed by atoms with Crippen molar-refractivity contribution in [3.8, 4) is 0 Å². The van der Waals surface area contributed by atoms with E-state index in [0.717, 1.165) is 20.9 Å². The molecule has 0 saturated heterocycles. The SMILES string of the molecule is [2H]c1c(C(C)SCCNC(=O)CN(CCN(CCN(CC(=O)O)CC(=O)O)CC(=O)O)CC(=O)O)c2cc3cc(C(C)SCCNC(=O)CN(CCN(CCN(CC(=O)O)CC(=O)O)CC(=O)O)CC(=O)O)c(cc4nc(cc5nc(cc1[nH]2)C=C5)C=C4)[nH]3. The molecule has 0 fully saturated rings. The number of hydrogen-bond acceptors (Lipinski definition) is 20. The standard InChI is InChI=1S/C56H74N12O18S2/c1-35(87-17-7-57-47(69)25-65(29-51(75)76)13-9-63(27-49(71)72)11-15-67(31-53(79)80)32-54(81)82)43-21-41-20-39-4-3-37(59-39)19-38-5-6-40(60-38)23-45-44(22-42(62-45)24-46(43)61-41)36(2)88-18-8-58-48(70)26-66(30-52(77)78)14-10-64(28-50(73)74)12-16-68(33-55(83)84)34-56(85)86/h3-6,19-24,35-36,61-62H,7-18,25-34H2,1-2H3,(H,57,69)(H,58,70)(H,71,72)(H,73,74)(H,75,76)(H,77,78)(H,79,80)(H,81,82)(H,83,84)(H,85,86)/i21D. The van der Waals surface area contributed by atoms with Crippen LogP contribution in [0.3, 0.4) is 0 Å². The number of hydrogen-bond donors (Lipinski definition) is 12. The molecule has 0 radical (unpaired) electrons. The highest BCUT2D eigenvalue weighted by molar-refractivity contribution is 7.99. The molecule has 0 aromatic carbocycles. The molecule has 5 rings (SSSR count). The lowest BCUT2D eigenvalue weighted by molar-refractivity contribution is -0.144. The van der Waals surface area contributed by atoms with Gasteiger partial charge in [0.2, 0.25) is 11.8 Å². The van der Waals surface area contributed by atoms with Gasteiger partial charge in [-0.1, -0.05) is 0 Å². The predicted octanol–water partition coefficient (Wildman–Crippen LogP) is 0.965. The number of aromatic amines is 2. The van der Waals surface area contributed by atoms with Crippen LogP contribution in [0.1, 0.15) is 59.6 Å². The lowest BCUT2D eigenvalue weighted by Crippen LogP contribution is -2.46. The molecule has 0 saturated carbocycles. The van der Waals surface area contributed by atoms with Gasteiger partial charge in [0.05, 0.1) is 89.6 Å². The minimum Gasteiger partial charge on any atom is -0.480 e. The number of H-pyrrole nitrogens is 2. The predicted molar refractivity (Wildman–Crippen MR) is 326 cm³/mol. The topological polar surface area (TPSA) is 433 Å². The molecule has 2 aliphatic rings. The van der Waals surface area contributed by atoms with Crippen LogP contribution in [-0.4, -0.2) is 292 Å². The summed E-state index contributed by atoms with van der Waals surface area (Å²) < 4.78 is 9.43. The number of aliphatic carboxylic acids is 8. The maximum Gasteiger partial charge on any atom is 0.317 e. The van der Waals surface area contributed by atoms with E-state index in [-0.39, 0.29) is 95.1 Å². The quantitative estimate of drug-likeness (QED) is 0.0242. The van der Waals surface area contributed by atoms with Gasteiger partial charge in [-0.15, -0.1) is 0 Å². The van der Waals surface area contributed by atoms with Gasteiger partial charge in [-0.2, -0.15) is 23.5 Å². The molecule has 2 unspecified atom stereocenters. The van der Waals surface area contributed by atoms with Crippen LogP contribution < -0.4 is 10.6 Å². The number of carbonyl (C=O) groups is 10. The van der Waals surface area contributed by atoms with Crippen LogP contribution in [0, 0.1) is 0 Å². The van der Waals surface area contributed by atoms with E-state index in [2.05, 4.69) is 20.6 Å². The number of aromatic nitrogens is 4. The van der Waals surface area contributed by atoms with Crippen LogP contribution in [0.25, 0.3) is 46.4 Å². The number of carboxylic acid groups (broad SMARTS) is 8. The molecule has 478 valence electrons. The first-order valence-corrected chi connectivity index (χ1v) is 29.7. The fourth-order valence-corrected chi connectivity index (χ4v) is 11.2. The van der Waals surface area contributed by atoms with Crippen molar-refractivity contribution >= 4 is 129 Å².